The number of fused-ring (bicyclic) bond motifs is 2. The average molecular weight is 409 g/mol. The van der Waals surface area contributed by atoms with Gasteiger partial charge in [0.05, 0.1) is 17.6 Å². The van der Waals surface area contributed by atoms with E-state index >= 15 is 0 Å². The van der Waals surface area contributed by atoms with E-state index in [0.29, 0.717) is 6.04 Å². The second-order valence-corrected chi connectivity index (χ2v) is 7.85. The van der Waals surface area contributed by atoms with E-state index in [1.54, 1.807) is 6.08 Å². The summed E-state index contributed by atoms with van der Waals surface area (Å²) in [6.07, 6.45) is 9.61. The highest BCUT2D eigenvalue weighted by molar-refractivity contribution is 6.35. The maximum atomic E-state index is 11.3. The summed E-state index contributed by atoms with van der Waals surface area (Å²) in [5, 5.41) is 5.70. The topological polar surface area (TPSA) is 54.1 Å². The molecule has 1 atom stereocenters. The van der Waals surface area contributed by atoms with Crippen molar-refractivity contribution < 1.29 is 9.53 Å². The van der Waals surface area contributed by atoms with Crippen LogP contribution in [-0.4, -0.2) is 24.6 Å². The van der Waals surface area contributed by atoms with Crippen molar-refractivity contribution in [3.63, 3.8) is 0 Å². The number of aromatic amines is 1. The van der Waals surface area contributed by atoms with E-state index in [9.17, 15) is 4.79 Å². The monoisotopic (exact) mass is 408 g/mol. The number of carbonyl (C=O) groups is 1. The average Bonchev–Trinajstić information content (AvgIpc) is 3.34. The number of hydrogen-bond acceptors (Lipinski definition) is 3. The Labute approximate surface area is 175 Å². The highest BCUT2D eigenvalue weighted by Gasteiger charge is 2.21. The molecule has 3 aromatic rings. The lowest BCUT2D eigenvalue weighted by Gasteiger charge is -2.14. The Morgan fingerprint density at radius 3 is 3.10 bits per heavy atom. The summed E-state index contributed by atoms with van der Waals surface area (Å²) in [5.74, 6) is -0.331. The molecule has 2 N–H and O–H groups in total. The Morgan fingerprint density at radius 2 is 2.24 bits per heavy atom. The molecule has 1 heterocycles. The van der Waals surface area contributed by atoms with Gasteiger partial charge in [0.15, 0.2) is 0 Å². The van der Waals surface area contributed by atoms with Gasteiger partial charge in [0, 0.05) is 23.7 Å². The van der Waals surface area contributed by atoms with Crippen LogP contribution in [0.15, 0.2) is 48.7 Å². The molecule has 0 saturated heterocycles. The summed E-state index contributed by atoms with van der Waals surface area (Å²) in [5.41, 5.74) is 6.12. The van der Waals surface area contributed by atoms with Crippen LogP contribution in [0.1, 0.15) is 41.1 Å². The molecular formula is C24H25ClN2O2. The molecule has 1 aromatic heterocycles. The van der Waals surface area contributed by atoms with Gasteiger partial charge in [-0.3, -0.25) is 0 Å². The van der Waals surface area contributed by atoms with Gasteiger partial charge in [-0.05, 0) is 66.6 Å². The van der Waals surface area contributed by atoms with E-state index in [1.165, 1.54) is 35.3 Å². The maximum Gasteiger partial charge on any atom is 0.330 e. The second-order valence-electron chi connectivity index (χ2n) is 7.44. The van der Waals surface area contributed by atoms with Crippen LogP contribution in [0.25, 0.3) is 17.0 Å². The molecule has 0 bridgehead atoms. The Bertz CT molecular complexity index is 1050. The zero-order valence-corrected chi connectivity index (χ0v) is 17.3. The van der Waals surface area contributed by atoms with E-state index in [2.05, 4.69) is 45.5 Å². The van der Waals surface area contributed by atoms with Crippen molar-refractivity contribution in [1.82, 2.24) is 10.3 Å². The zero-order chi connectivity index (χ0) is 20.2. The molecule has 1 unspecified atom stereocenters. The quantitative estimate of drug-likeness (QED) is 0.320. The number of para-hydroxylation sites is 1. The molecule has 0 radical (unpaired) electrons. The third-order valence-corrected chi connectivity index (χ3v) is 5.94. The molecule has 1 aliphatic rings. The molecule has 29 heavy (non-hydrogen) atoms. The molecule has 4 nitrogen and oxygen atoms in total. The van der Waals surface area contributed by atoms with Crippen molar-refractivity contribution in [2.24, 2.45) is 0 Å². The van der Waals surface area contributed by atoms with Crippen LogP contribution >= 0.6 is 11.6 Å². The van der Waals surface area contributed by atoms with Crippen molar-refractivity contribution in [1.29, 1.82) is 0 Å². The number of hydrogen-bond donors (Lipinski definition) is 2. The minimum atomic E-state index is -0.331. The van der Waals surface area contributed by atoms with E-state index in [4.69, 9.17) is 11.6 Å². The summed E-state index contributed by atoms with van der Waals surface area (Å²) < 4.78 is 4.65. The van der Waals surface area contributed by atoms with E-state index < -0.39 is 0 Å². The Kier molecular flexibility index (Phi) is 6.02. The summed E-state index contributed by atoms with van der Waals surface area (Å²) >= 11 is 6.25. The van der Waals surface area contributed by atoms with Gasteiger partial charge in [-0.2, -0.15) is 0 Å². The van der Waals surface area contributed by atoms with Crippen molar-refractivity contribution in [3.8, 4) is 0 Å². The number of esters is 1. The first-order chi connectivity index (χ1) is 14.2. The Hall–Kier alpha value is -2.56. The molecular weight excluding hydrogens is 384 g/mol. The standard InChI is InChI=1S/C24H25ClN2O2/c1-29-23(28)12-8-16-7-10-19-17(14-16)9-11-22(19)26-13-3-4-18-15-27-24-20(18)5-2-6-21(24)25/h2,5-8,10,12,14-15,22,26-27H,3-4,9,11,13H2,1H3. The van der Waals surface area contributed by atoms with Crippen LogP contribution in [0.4, 0.5) is 0 Å². The number of carbonyl (C=O) groups excluding carboxylic acids is 1. The molecule has 0 spiro atoms. The molecule has 4 rings (SSSR count). The van der Waals surface area contributed by atoms with Gasteiger partial charge in [0.25, 0.3) is 0 Å². The Balaban J connectivity index is 1.32. The van der Waals surface area contributed by atoms with Gasteiger partial charge in [0.2, 0.25) is 0 Å². The highest BCUT2D eigenvalue weighted by atomic mass is 35.5. The number of rotatable bonds is 7. The zero-order valence-electron chi connectivity index (χ0n) is 16.5. The summed E-state index contributed by atoms with van der Waals surface area (Å²) in [4.78, 5) is 14.6. The maximum absolute atomic E-state index is 11.3. The van der Waals surface area contributed by atoms with Crippen LogP contribution in [-0.2, 0) is 22.4 Å². The normalized spacial score (nSPS) is 15.9. The summed E-state index contributed by atoms with van der Waals surface area (Å²) in [6.45, 7) is 0.974. The lowest BCUT2D eigenvalue weighted by molar-refractivity contribution is -0.134. The molecule has 0 aliphatic heterocycles. The number of aryl methyl sites for hydroxylation is 2. The van der Waals surface area contributed by atoms with Gasteiger partial charge in [-0.15, -0.1) is 0 Å². The van der Waals surface area contributed by atoms with Gasteiger partial charge >= 0.3 is 5.97 Å². The van der Waals surface area contributed by atoms with Gasteiger partial charge < -0.3 is 15.0 Å². The van der Waals surface area contributed by atoms with Crippen LogP contribution in [0.3, 0.4) is 0 Å². The lowest BCUT2D eigenvalue weighted by Crippen LogP contribution is -2.20. The SMILES string of the molecule is COC(=O)C=Cc1ccc2c(c1)CCC2NCCCc1c[nH]c2c(Cl)cccc12. The van der Waals surface area contributed by atoms with Crippen LogP contribution in [0, 0.1) is 0 Å². The molecule has 5 heteroatoms. The fourth-order valence-electron chi connectivity index (χ4n) is 4.12. The molecule has 0 saturated carbocycles. The van der Waals surface area contributed by atoms with Crippen molar-refractivity contribution >= 4 is 34.5 Å². The third-order valence-electron chi connectivity index (χ3n) is 5.62. The van der Waals surface area contributed by atoms with Gasteiger partial charge in [0.1, 0.15) is 0 Å². The smallest absolute Gasteiger partial charge is 0.330 e. The Morgan fingerprint density at radius 1 is 1.34 bits per heavy atom. The third kappa shape index (κ3) is 4.39. The molecule has 1 aliphatic carbocycles. The highest BCUT2D eigenvalue weighted by Crippen LogP contribution is 2.32. The predicted octanol–water partition coefficient (Wildman–Crippen LogP) is 5.22. The largest absolute Gasteiger partial charge is 0.466 e. The van der Waals surface area contributed by atoms with Gasteiger partial charge in [-0.1, -0.05) is 41.9 Å². The van der Waals surface area contributed by atoms with Gasteiger partial charge in [-0.25, -0.2) is 4.79 Å². The molecule has 0 fully saturated rings. The lowest BCUT2D eigenvalue weighted by atomic mass is 10.0. The fraction of sp³-hybridized carbons (Fsp3) is 0.292. The minimum Gasteiger partial charge on any atom is -0.466 e. The first kappa shape index (κ1) is 19.7. The number of aromatic nitrogens is 1. The number of methoxy groups -OCH3 is 1. The van der Waals surface area contributed by atoms with Crippen molar-refractivity contribution in [2.45, 2.75) is 31.7 Å². The fourth-order valence-corrected chi connectivity index (χ4v) is 4.35. The van der Waals surface area contributed by atoms with Crippen LogP contribution in [0.2, 0.25) is 5.02 Å². The molecule has 2 aromatic carbocycles. The van der Waals surface area contributed by atoms with Crippen LogP contribution < -0.4 is 5.32 Å². The first-order valence-electron chi connectivity index (χ1n) is 10.0. The summed E-state index contributed by atoms with van der Waals surface area (Å²) in [6, 6.07) is 12.9. The van der Waals surface area contributed by atoms with Crippen molar-refractivity contribution in [2.75, 3.05) is 13.7 Å². The first-order valence-corrected chi connectivity index (χ1v) is 10.4. The predicted molar refractivity (Wildman–Crippen MR) is 118 cm³/mol. The van der Waals surface area contributed by atoms with E-state index in [-0.39, 0.29) is 5.97 Å². The minimum absolute atomic E-state index is 0.331. The van der Waals surface area contributed by atoms with Crippen LogP contribution in [0.5, 0.6) is 0 Å². The number of halogens is 1. The molecule has 0 amide bonds. The molecule has 150 valence electrons. The number of ether oxygens (including phenoxy) is 1. The summed E-state index contributed by atoms with van der Waals surface area (Å²) in [7, 11) is 1.39. The number of H-pyrrole nitrogens is 1. The number of benzene rings is 2. The number of nitrogens with one attached hydrogen (secondary N) is 2. The van der Waals surface area contributed by atoms with E-state index in [1.807, 2.05) is 12.1 Å². The second kappa shape index (κ2) is 8.85. The van der Waals surface area contributed by atoms with E-state index in [0.717, 1.165) is 48.3 Å². The van der Waals surface area contributed by atoms with Crippen molar-refractivity contribution in [3.05, 3.63) is 75.9 Å².